The largest absolute Gasteiger partial charge is 0.274 e. The van der Waals surface area contributed by atoms with Gasteiger partial charge in [0.1, 0.15) is 0 Å². The Morgan fingerprint density at radius 1 is 0.852 bits per heavy atom. The highest BCUT2D eigenvalue weighted by atomic mass is 79.9. The quantitative estimate of drug-likeness (QED) is 0.515. The number of hydrogen-bond donors (Lipinski definition) is 0. The van der Waals surface area contributed by atoms with Crippen molar-refractivity contribution in [3.05, 3.63) is 82.4 Å². The standard InChI is InChI=1S/C23H18BrNO2/c1-13(14-5-3-2-4-6-14)19-17-11-12-18(19)21-20(17)22(26)25(23(21)27)16-9-7-15(24)8-10-16/h2-12,17-18,20-21H,1H3/t17-,18-,20-,21-/m1/s1. The zero-order valence-corrected chi connectivity index (χ0v) is 16.4. The first-order chi connectivity index (χ1) is 13.1. The van der Waals surface area contributed by atoms with E-state index in [1.54, 1.807) is 0 Å². The van der Waals surface area contributed by atoms with Crippen LogP contribution in [0.15, 0.2) is 76.8 Å². The number of carbonyl (C=O) groups excluding carboxylic acids is 2. The van der Waals surface area contributed by atoms with Gasteiger partial charge in [-0.25, -0.2) is 4.90 Å². The molecular formula is C23H18BrNO2. The summed E-state index contributed by atoms with van der Waals surface area (Å²) in [6.45, 7) is 2.11. The lowest BCUT2D eigenvalue weighted by Gasteiger charge is -2.20. The summed E-state index contributed by atoms with van der Waals surface area (Å²) >= 11 is 3.40. The molecule has 2 aliphatic carbocycles. The van der Waals surface area contributed by atoms with E-state index in [0.29, 0.717) is 5.69 Å². The smallest absolute Gasteiger partial charge is 0.238 e. The van der Waals surface area contributed by atoms with Crippen LogP contribution in [0.25, 0.3) is 5.57 Å². The van der Waals surface area contributed by atoms with Gasteiger partial charge in [0.05, 0.1) is 17.5 Å². The van der Waals surface area contributed by atoms with Crippen molar-refractivity contribution in [3.8, 4) is 0 Å². The number of fused-ring (bicyclic) bond motifs is 5. The van der Waals surface area contributed by atoms with Crippen LogP contribution in [0.4, 0.5) is 5.69 Å². The first-order valence-electron chi connectivity index (χ1n) is 9.15. The lowest BCUT2D eigenvalue weighted by Crippen LogP contribution is -2.33. The van der Waals surface area contributed by atoms with E-state index in [9.17, 15) is 9.59 Å². The number of carbonyl (C=O) groups is 2. The Balaban J connectivity index is 1.55. The van der Waals surface area contributed by atoms with E-state index in [0.717, 1.165) is 10.0 Å². The fraction of sp³-hybridized carbons (Fsp3) is 0.217. The van der Waals surface area contributed by atoms with Gasteiger partial charge in [0, 0.05) is 16.3 Å². The Kier molecular flexibility index (Phi) is 3.73. The molecule has 0 aromatic heterocycles. The van der Waals surface area contributed by atoms with E-state index in [-0.39, 0.29) is 35.5 Å². The Bertz CT molecular complexity index is 972. The second kappa shape index (κ2) is 6.03. The van der Waals surface area contributed by atoms with Crippen LogP contribution in [0.3, 0.4) is 0 Å². The molecule has 2 aromatic rings. The summed E-state index contributed by atoms with van der Waals surface area (Å²) in [6, 6.07) is 17.6. The van der Waals surface area contributed by atoms with Crippen molar-refractivity contribution in [1.29, 1.82) is 0 Å². The summed E-state index contributed by atoms with van der Waals surface area (Å²) in [4.78, 5) is 27.8. The van der Waals surface area contributed by atoms with Gasteiger partial charge in [-0.3, -0.25) is 9.59 Å². The Morgan fingerprint density at radius 3 is 1.96 bits per heavy atom. The molecule has 1 aliphatic heterocycles. The number of hydrogen-bond acceptors (Lipinski definition) is 2. The van der Waals surface area contributed by atoms with Crippen LogP contribution in [0.5, 0.6) is 0 Å². The normalized spacial score (nSPS) is 28.2. The van der Waals surface area contributed by atoms with Crippen molar-refractivity contribution in [3.63, 3.8) is 0 Å². The first-order valence-corrected chi connectivity index (χ1v) is 9.95. The summed E-state index contributed by atoms with van der Waals surface area (Å²) in [7, 11) is 0. The summed E-state index contributed by atoms with van der Waals surface area (Å²) < 4.78 is 0.927. The highest BCUT2D eigenvalue weighted by Crippen LogP contribution is 2.58. The number of amides is 2. The van der Waals surface area contributed by atoms with Crippen LogP contribution in [0.2, 0.25) is 0 Å². The highest BCUT2D eigenvalue weighted by Gasteiger charge is 2.62. The molecule has 0 radical (unpaired) electrons. The van der Waals surface area contributed by atoms with Gasteiger partial charge in [0.15, 0.2) is 0 Å². The van der Waals surface area contributed by atoms with E-state index in [1.807, 2.05) is 42.5 Å². The number of anilines is 1. The van der Waals surface area contributed by atoms with Crippen LogP contribution >= 0.6 is 15.9 Å². The number of rotatable bonds is 2. The monoisotopic (exact) mass is 419 g/mol. The average Bonchev–Trinajstić information content (AvgIpc) is 3.33. The fourth-order valence-electron chi connectivity index (χ4n) is 4.96. The maximum atomic E-state index is 13.2. The molecule has 1 saturated heterocycles. The number of nitrogens with zero attached hydrogens (tertiary/aromatic N) is 1. The molecule has 2 aromatic carbocycles. The predicted octanol–water partition coefficient (Wildman–Crippen LogP) is 4.84. The van der Waals surface area contributed by atoms with Crippen LogP contribution in [-0.2, 0) is 9.59 Å². The molecule has 0 N–H and O–H groups in total. The lowest BCUT2D eigenvalue weighted by molar-refractivity contribution is -0.122. The van der Waals surface area contributed by atoms with Gasteiger partial charge >= 0.3 is 0 Å². The van der Waals surface area contributed by atoms with Crippen LogP contribution in [0, 0.1) is 23.7 Å². The van der Waals surface area contributed by atoms with Crippen molar-refractivity contribution in [2.24, 2.45) is 23.7 Å². The molecule has 2 bridgehead atoms. The maximum Gasteiger partial charge on any atom is 0.238 e. The van der Waals surface area contributed by atoms with E-state index < -0.39 is 0 Å². The predicted molar refractivity (Wildman–Crippen MR) is 109 cm³/mol. The molecule has 1 saturated carbocycles. The first kappa shape index (κ1) is 16.7. The molecule has 3 nitrogen and oxygen atoms in total. The number of allylic oxidation sites excluding steroid dienone is 4. The molecule has 0 spiro atoms. The van der Waals surface area contributed by atoms with Gasteiger partial charge in [-0.05, 0) is 42.3 Å². The topological polar surface area (TPSA) is 37.4 Å². The Hall–Kier alpha value is -2.46. The molecule has 134 valence electrons. The van der Waals surface area contributed by atoms with Crippen molar-refractivity contribution < 1.29 is 9.59 Å². The van der Waals surface area contributed by atoms with Crippen molar-refractivity contribution >= 4 is 39.0 Å². The van der Waals surface area contributed by atoms with E-state index in [2.05, 4.69) is 47.1 Å². The molecule has 0 unspecified atom stereocenters. The maximum absolute atomic E-state index is 13.2. The van der Waals surface area contributed by atoms with E-state index in [4.69, 9.17) is 0 Å². The van der Waals surface area contributed by atoms with Crippen LogP contribution in [0.1, 0.15) is 12.5 Å². The zero-order chi connectivity index (χ0) is 18.7. The zero-order valence-electron chi connectivity index (χ0n) is 14.8. The summed E-state index contributed by atoms with van der Waals surface area (Å²) in [5.74, 6) is -0.631. The Morgan fingerprint density at radius 2 is 1.41 bits per heavy atom. The summed E-state index contributed by atoms with van der Waals surface area (Å²) in [6.07, 6.45) is 4.26. The van der Waals surface area contributed by atoms with Gasteiger partial charge in [-0.2, -0.15) is 0 Å². The third-order valence-electron chi connectivity index (χ3n) is 6.14. The van der Waals surface area contributed by atoms with Crippen LogP contribution in [-0.4, -0.2) is 11.8 Å². The molecular weight excluding hydrogens is 402 g/mol. The molecule has 2 fully saturated rings. The molecule has 27 heavy (non-hydrogen) atoms. The third-order valence-corrected chi connectivity index (χ3v) is 6.67. The SMILES string of the molecule is CC(=C1[C@H]2C=C[C@H]1[C@H]1C(=O)N(c3ccc(Br)cc3)C(=O)[C@@H]12)c1ccccc1. The van der Waals surface area contributed by atoms with E-state index >= 15 is 0 Å². The minimum absolute atomic E-state index is 0.0251. The second-order valence-electron chi connectivity index (χ2n) is 7.42. The third kappa shape index (κ3) is 2.32. The molecule has 3 aliphatic rings. The minimum atomic E-state index is -0.273. The van der Waals surface area contributed by atoms with Gasteiger partial charge in [0.25, 0.3) is 0 Å². The fourth-order valence-corrected chi connectivity index (χ4v) is 5.23. The minimum Gasteiger partial charge on any atom is -0.274 e. The van der Waals surface area contributed by atoms with E-state index in [1.165, 1.54) is 16.0 Å². The van der Waals surface area contributed by atoms with Gasteiger partial charge in [-0.1, -0.05) is 64.0 Å². The van der Waals surface area contributed by atoms with Crippen LogP contribution < -0.4 is 4.90 Å². The second-order valence-corrected chi connectivity index (χ2v) is 8.34. The Labute approximate surface area is 166 Å². The number of benzene rings is 2. The highest BCUT2D eigenvalue weighted by molar-refractivity contribution is 9.10. The lowest BCUT2D eigenvalue weighted by atomic mass is 9.85. The number of halogens is 1. The molecule has 5 rings (SSSR count). The molecule has 2 amide bonds. The molecule has 1 heterocycles. The summed E-state index contributed by atoms with van der Waals surface area (Å²) in [5, 5.41) is 0. The molecule has 4 atom stereocenters. The van der Waals surface area contributed by atoms with Crippen molar-refractivity contribution in [2.45, 2.75) is 6.92 Å². The van der Waals surface area contributed by atoms with Crippen molar-refractivity contribution in [1.82, 2.24) is 0 Å². The number of imide groups is 1. The summed E-state index contributed by atoms with van der Waals surface area (Å²) in [5.41, 5.74) is 4.26. The van der Waals surface area contributed by atoms with Gasteiger partial charge in [-0.15, -0.1) is 0 Å². The molecule has 4 heteroatoms. The van der Waals surface area contributed by atoms with Crippen molar-refractivity contribution in [2.75, 3.05) is 4.90 Å². The van der Waals surface area contributed by atoms with Gasteiger partial charge in [0.2, 0.25) is 11.8 Å². The van der Waals surface area contributed by atoms with Gasteiger partial charge < -0.3 is 0 Å². The average molecular weight is 420 g/mol.